The van der Waals surface area contributed by atoms with E-state index in [1.807, 2.05) is 18.7 Å². The van der Waals surface area contributed by atoms with Crippen molar-refractivity contribution in [2.24, 2.45) is 5.92 Å². The van der Waals surface area contributed by atoms with Gasteiger partial charge in [-0.2, -0.15) is 13.2 Å². The van der Waals surface area contributed by atoms with Crippen molar-refractivity contribution in [1.82, 2.24) is 25.1 Å². The summed E-state index contributed by atoms with van der Waals surface area (Å²) in [5.74, 6) is 0.0185. The maximum absolute atomic E-state index is 13.3. The summed E-state index contributed by atoms with van der Waals surface area (Å²) in [5, 5.41) is 25.0. The number of carbonyl (C=O) groups is 1. The summed E-state index contributed by atoms with van der Waals surface area (Å²) < 4.78 is 40.3. The Hall–Kier alpha value is -3.22. The van der Waals surface area contributed by atoms with Crippen molar-refractivity contribution in [2.45, 2.75) is 64.6 Å². The van der Waals surface area contributed by atoms with Gasteiger partial charge in [0.1, 0.15) is 12.6 Å². The number of alkyl halides is 3. The Morgan fingerprint density at radius 2 is 1.95 bits per heavy atom. The lowest BCUT2D eigenvalue weighted by atomic mass is 10.0. The number of aromatic nitrogens is 4. The van der Waals surface area contributed by atoms with Gasteiger partial charge in [0, 0.05) is 25.3 Å². The second kappa shape index (κ2) is 13.0. The highest BCUT2D eigenvalue weighted by Gasteiger charge is 2.33. The van der Waals surface area contributed by atoms with Gasteiger partial charge in [0.05, 0.1) is 28.9 Å². The van der Waals surface area contributed by atoms with E-state index in [0.29, 0.717) is 42.5 Å². The monoisotopic (exact) mass is 579 g/mol. The van der Waals surface area contributed by atoms with Crippen molar-refractivity contribution in [3.63, 3.8) is 0 Å². The van der Waals surface area contributed by atoms with E-state index < -0.39 is 24.0 Å². The van der Waals surface area contributed by atoms with E-state index in [9.17, 15) is 23.1 Å². The summed E-state index contributed by atoms with van der Waals surface area (Å²) in [4.78, 5) is 17.0. The van der Waals surface area contributed by atoms with Crippen LogP contribution in [0.3, 0.4) is 0 Å². The van der Waals surface area contributed by atoms with Gasteiger partial charge in [0.2, 0.25) is 5.91 Å². The number of benzene rings is 2. The standard InChI is InChI=1S/C27H33ClF3N7O2/c1-18(2)14-36(15-19-6-8-20(9-7-19)27(29,30)31)23-11-10-21(13-22(23)28)33-26(40)24-5-3-4-12-38(24)25(39)16-37-17-32-34-35-37/h6-11,13,17-18,24-25,39H,3-5,12,14-16H2,1-2H3,(H,33,40)/t24-,25?/m1/s1. The fourth-order valence-electron chi connectivity index (χ4n) is 4.90. The van der Waals surface area contributed by atoms with Crippen LogP contribution in [0.25, 0.3) is 0 Å². The van der Waals surface area contributed by atoms with Crippen LogP contribution in [0.1, 0.15) is 44.2 Å². The molecule has 0 aliphatic carbocycles. The molecule has 1 aliphatic rings. The van der Waals surface area contributed by atoms with Crippen molar-refractivity contribution in [3.8, 4) is 0 Å². The first-order valence-electron chi connectivity index (χ1n) is 13.2. The van der Waals surface area contributed by atoms with Crippen LogP contribution in [-0.2, 0) is 24.1 Å². The molecule has 0 bridgehead atoms. The predicted molar refractivity (Wildman–Crippen MR) is 146 cm³/mol. The van der Waals surface area contributed by atoms with Crippen LogP contribution in [0.5, 0.6) is 0 Å². The van der Waals surface area contributed by atoms with Gasteiger partial charge in [0.25, 0.3) is 0 Å². The Morgan fingerprint density at radius 1 is 1.20 bits per heavy atom. The molecule has 13 heteroatoms. The Morgan fingerprint density at radius 3 is 2.58 bits per heavy atom. The van der Waals surface area contributed by atoms with Gasteiger partial charge >= 0.3 is 6.18 Å². The molecule has 0 saturated carbocycles. The van der Waals surface area contributed by atoms with Crippen LogP contribution in [0, 0.1) is 5.92 Å². The summed E-state index contributed by atoms with van der Waals surface area (Å²) in [5.41, 5.74) is 1.26. The summed E-state index contributed by atoms with van der Waals surface area (Å²) >= 11 is 6.67. The molecule has 2 atom stereocenters. The number of aliphatic hydroxyl groups is 1. The molecular formula is C27H33ClF3N7O2. The summed E-state index contributed by atoms with van der Waals surface area (Å²) in [6.07, 6.45) is -1.59. The van der Waals surface area contributed by atoms with Crippen LogP contribution in [-0.4, -0.2) is 61.5 Å². The van der Waals surface area contributed by atoms with Crippen LogP contribution in [0.15, 0.2) is 48.8 Å². The molecule has 40 heavy (non-hydrogen) atoms. The molecule has 1 unspecified atom stereocenters. The second-order valence-corrected chi connectivity index (χ2v) is 10.8. The van der Waals surface area contributed by atoms with Gasteiger partial charge < -0.3 is 15.3 Å². The van der Waals surface area contributed by atoms with E-state index in [2.05, 4.69) is 20.8 Å². The van der Waals surface area contributed by atoms with Crippen LogP contribution >= 0.6 is 11.6 Å². The van der Waals surface area contributed by atoms with Crippen molar-refractivity contribution in [2.75, 3.05) is 23.3 Å². The van der Waals surface area contributed by atoms with Crippen molar-refractivity contribution in [3.05, 3.63) is 64.9 Å². The molecular weight excluding hydrogens is 547 g/mol. The lowest BCUT2D eigenvalue weighted by Gasteiger charge is -2.37. The average molecular weight is 580 g/mol. The summed E-state index contributed by atoms with van der Waals surface area (Å²) in [6.45, 7) is 5.80. The van der Waals surface area contributed by atoms with Crippen molar-refractivity contribution >= 4 is 28.9 Å². The van der Waals surface area contributed by atoms with E-state index in [1.54, 1.807) is 23.1 Å². The summed E-state index contributed by atoms with van der Waals surface area (Å²) in [7, 11) is 0. The average Bonchev–Trinajstić information content (AvgIpc) is 3.41. The fourth-order valence-corrected chi connectivity index (χ4v) is 5.20. The molecule has 3 aromatic rings. The van der Waals surface area contributed by atoms with E-state index in [1.165, 1.54) is 23.1 Å². The maximum atomic E-state index is 13.3. The molecule has 0 spiro atoms. The molecule has 216 valence electrons. The Bertz CT molecular complexity index is 1260. The third kappa shape index (κ3) is 7.70. The number of amides is 1. The van der Waals surface area contributed by atoms with Gasteiger partial charge in [-0.15, -0.1) is 5.10 Å². The predicted octanol–water partition coefficient (Wildman–Crippen LogP) is 4.82. The first-order chi connectivity index (χ1) is 19.0. The number of hydrogen-bond acceptors (Lipinski definition) is 7. The quantitative estimate of drug-likeness (QED) is 0.355. The number of carbonyl (C=O) groups excluding carboxylic acids is 1. The maximum Gasteiger partial charge on any atom is 0.416 e. The molecule has 2 aromatic carbocycles. The number of rotatable bonds is 10. The zero-order valence-corrected chi connectivity index (χ0v) is 23.1. The molecule has 0 radical (unpaired) electrons. The molecule has 1 saturated heterocycles. The first kappa shape index (κ1) is 29.8. The number of piperidine rings is 1. The Labute approximate surface area is 235 Å². The molecule has 2 N–H and O–H groups in total. The van der Waals surface area contributed by atoms with Crippen LogP contribution in [0.4, 0.5) is 24.5 Å². The van der Waals surface area contributed by atoms with E-state index >= 15 is 0 Å². The summed E-state index contributed by atoms with van der Waals surface area (Å²) in [6, 6.07) is 9.80. The Kier molecular flexibility index (Phi) is 9.64. The fraction of sp³-hybridized carbons (Fsp3) is 0.481. The number of anilines is 2. The highest BCUT2D eigenvalue weighted by atomic mass is 35.5. The molecule has 4 rings (SSSR count). The third-order valence-electron chi connectivity index (χ3n) is 6.77. The highest BCUT2D eigenvalue weighted by molar-refractivity contribution is 6.33. The molecule has 1 aromatic heterocycles. The molecule has 2 heterocycles. The van der Waals surface area contributed by atoms with Gasteiger partial charge in [-0.3, -0.25) is 9.69 Å². The minimum atomic E-state index is -4.39. The largest absolute Gasteiger partial charge is 0.416 e. The van der Waals surface area contributed by atoms with Gasteiger partial charge in [0.15, 0.2) is 0 Å². The number of nitrogens with zero attached hydrogens (tertiary/aromatic N) is 6. The van der Waals surface area contributed by atoms with Crippen LogP contribution < -0.4 is 10.2 Å². The molecule has 9 nitrogen and oxygen atoms in total. The number of halogens is 4. The first-order valence-corrected chi connectivity index (χ1v) is 13.5. The van der Waals surface area contributed by atoms with E-state index in [0.717, 1.165) is 30.5 Å². The molecule has 1 fully saturated rings. The lowest BCUT2D eigenvalue weighted by Crippen LogP contribution is -2.53. The molecule has 1 amide bonds. The van der Waals surface area contributed by atoms with Crippen LogP contribution in [0.2, 0.25) is 5.02 Å². The topological polar surface area (TPSA) is 99.4 Å². The zero-order chi connectivity index (χ0) is 28.9. The SMILES string of the molecule is CC(C)CN(Cc1ccc(C(F)(F)F)cc1)c1ccc(NC(=O)[C@H]2CCCCN2C(O)Cn2cnnn2)cc1Cl. The number of tetrazole rings is 1. The number of aliphatic hydroxyl groups excluding tert-OH is 1. The molecule has 1 aliphatic heterocycles. The lowest BCUT2D eigenvalue weighted by molar-refractivity contribution is -0.137. The van der Waals surface area contributed by atoms with Gasteiger partial charge in [-0.1, -0.05) is 44.0 Å². The highest BCUT2D eigenvalue weighted by Crippen LogP contribution is 2.33. The number of likely N-dealkylation sites (tertiary alicyclic amines) is 1. The third-order valence-corrected chi connectivity index (χ3v) is 7.07. The second-order valence-electron chi connectivity index (χ2n) is 10.4. The van der Waals surface area contributed by atoms with Crippen molar-refractivity contribution in [1.29, 1.82) is 0 Å². The van der Waals surface area contributed by atoms with Gasteiger partial charge in [-0.05, 0) is 65.1 Å². The Balaban J connectivity index is 1.46. The normalized spacial score (nSPS) is 17.1. The van der Waals surface area contributed by atoms with Gasteiger partial charge in [-0.25, -0.2) is 4.68 Å². The van der Waals surface area contributed by atoms with E-state index in [4.69, 9.17) is 11.6 Å². The minimum Gasteiger partial charge on any atom is -0.376 e. The zero-order valence-electron chi connectivity index (χ0n) is 22.4. The van der Waals surface area contributed by atoms with Crippen molar-refractivity contribution < 1.29 is 23.1 Å². The van der Waals surface area contributed by atoms with E-state index in [-0.39, 0.29) is 18.4 Å². The smallest absolute Gasteiger partial charge is 0.376 e. The number of hydrogen-bond donors (Lipinski definition) is 2. The minimum absolute atomic E-state index is 0.141. The number of nitrogens with one attached hydrogen (secondary N) is 1.